The van der Waals surface area contributed by atoms with Crippen molar-refractivity contribution in [3.05, 3.63) is 0 Å². The average molecular weight is 400 g/mol. The fourth-order valence-corrected chi connectivity index (χ4v) is 2.67. The van der Waals surface area contributed by atoms with Gasteiger partial charge in [-0.15, -0.1) is 0 Å². The number of aliphatic hydroxyl groups excluding tert-OH is 1. The van der Waals surface area contributed by atoms with Crippen LogP contribution in [0.5, 0.6) is 0 Å². The Labute approximate surface area is 161 Å². The number of likely N-dealkylation sites (N-methyl/N-ethyl adjacent to an activating group) is 1. The highest BCUT2D eigenvalue weighted by Gasteiger charge is 2.16. The van der Waals surface area contributed by atoms with Crippen molar-refractivity contribution in [2.24, 2.45) is 0 Å². The maximum atomic E-state index is 10.2. The number of unbranched alkanes of at least 4 members (excludes halogenated alkanes) is 5. The lowest BCUT2D eigenvalue weighted by atomic mass is 10.0. The summed E-state index contributed by atoms with van der Waals surface area (Å²) in [6, 6.07) is 0.496. The van der Waals surface area contributed by atoms with E-state index in [9.17, 15) is 9.67 Å². The Hall–Kier alpha value is -0.0100. The first-order valence-electron chi connectivity index (χ1n) is 9.86. The minimum absolute atomic E-state index is 0.0772. The van der Waals surface area contributed by atoms with E-state index < -0.39 is 7.82 Å². The second-order valence-electron chi connectivity index (χ2n) is 7.84. The molecule has 0 saturated heterocycles. The first-order valence-corrected chi connectivity index (χ1v) is 11.4. The van der Waals surface area contributed by atoms with Crippen molar-refractivity contribution < 1.29 is 28.5 Å². The Bertz CT molecular complexity index is 356. The maximum Gasteiger partial charge on any atom is 0.469 e. The number of quaternary nitrogens is 1. The molecule has 4 N–H and O–H groups in total. The van der Waals surface area contributed by atoms with Gasteiger partial charge in [0.1, 0.15) is 19.4 Å². The molecule has 0 saturated carbocycles. The number of phosphoric ester groups is 1. The Morgan fingerprint density at radius 3 is 2.00 bits per heavy atom. The van der Waals surface area contributed by atoms with Crippen molar-refractivity contribution in [1.82, 2.24) is 5.32 Å². The van der Waals surface area contributed by atoms with Crippen molar-refractivity contribution in [2.75, 3.05) is 34.3 Å². The van der Waals surface area contributed by atoms with Crippen LogP contribution in [-0.4, -0.2) is 65.9 Å². The molecule has 0 aliphatic heterocycles. The predicted molar refractivity (Wildman–Crippen MR) is 108 cm³/mol. The molecule has 0 radical (unpaired) electrons. The van der Waals surface area contributed by atoms with Gasteiger partial charge in [0.05, 0.1) is 21.1 Å². The van der Waals surface area contributed by atoms with Gasteiger partial charge in [0.25, 0.3) is 0 Å². The second-order valence-corrected chi connectivity index (χ2v) is 9.08. The number of hydrogen-bond acceptors (Lipinski definition) is 4. The zero-order valence-electron chi connectivity index (χ0n) is 17.8. The SMILES string of the molecule is CCCCCCCCC(CC)NC(C)O.C[N+](C)(C)CCOP(=O)(O)O. The summed E-state index contributed by atoms with van der Waals surface area (Å²) in [6.45, 7) is 6.87. The molecule has 0 aliphatic carbocycles. The van der Waals surface area contributed by atoms with Gasteiger partial charge < -0.3 is 19.4 Å². The molecule has 26 heavy (non-hydrogen) atoms. The van der Waals surface area contributed by atoms with Crippen LogP contribution in [0.25, 0.3) is 0 Å². The number of hydrogen-bond donors (Lipinski definition) is 4. The number of nitrogens with one attached hydrogen (secondary N) is 1. The van der Waals surface area contributed by atoms with Gasteiger partial charge >= 0.3 is 7.82 Å². The summed E-state index contributed by atoms with van der Waals surface area (Å²) in [6.07, 6.45) is 10.0. The molecular weight excluding hydrogens is 355 g/mol. The summed E-state index contributed by atoms with van der Waals surface area (Å²) in [7, 11) is 1.50. The Balaban J connectivity index is 0. The van der Waals surface area contributed by atoms with E-state index in [0.717, 1.165) is 6.42 Å². The molecule has 8 heteroatoms. The van der Waals surface area contributed by atoms with Crippen LogP contribution in [0.2, 0.25) is 0 Å². The van der Waals surface area contributed by atoms with Crippen LogP contribution in [0.3, 0.4) is 0 Å². The van der Waals surface area contributed by atoms with Gasteiger partial charge in [-0.25, -0.2) is 4.57 Å². The van der Waals surface area contributed by atoms with Crippen LogP contribution >= 0.6 is 7.82 Å². The summed E-state index contributed by atoms with van der Waals surface area (Å²) in [5.74, 6) is 0. The van der Waals surface area contributed by atoms with Crippen LogP contribution in [0, 0.1) is 0 Å². The molecule has 2 atom stereocenters. The molecule has 0 aromatic heterocycles. The maximum absolute atomic E-state index is 10.2. The topological polar surface area (TPSA) is 99.0 Å². The molecule has 0 spiro atoms. The number of aliphatic hydroxyl groups is 1. The average Bonchev–Trinajstić information content (AvgIpc) is 2.47. The third kappa shape index (κ3) is 26.2. The van der Waals surface area contributed by atoms with E-state index >= 15 is 0 Å². The highest BCUT2D eigenvalue weighted by Crippen LogP contribution is 2.35. The zero-order chi connectivity index (χ0) is 20.6. The number of nitrogens with zero attached hydrogens (tertiary/aromatic N) is 1. The fraction of sp³-hybridized carbons (Fsp3) is 1.00. The Morgan fingerprint density at radius 2 is 1.58 bits per heavy atom. The Morgan fingerprint density at radius 1 is 1.04 bits per heavy atom. The zero-order valence-corrected chi connectivity index (χ0v) is 18.7. The van der Waals surface area contributed by atoms with E-state index in [1.807, 2.05) is 21.1 Å². The van der Waals surface area contributed by atoms with Gasteiger partial charge in [-0.05, 0) is 19.8 Å². The normalized spacial score (nSPS) is 14.5. The van der Waals surface area contributed by atoms with E-state index in [1.54, 1.807) is 6.92 Å². The minimum atomic E-state index is -4.26. The molecule has 0 aromatic rings. The van der Waals surface area contributed by atoms with E-state index in [1.165, 1.54) is 44.9 Å². The van der Waals surface area contributed by atoms with Gasteiger partial charge in [0.2, 0.25) is 0 Å². The molecule has 0 aliphatic rings. The molecule has 0 fully saturated rings. The van der Waals surface area contributed by atoms with Crippen molar-refractivity contribution in [3.63, 3.8) is 0 Å². The molecular formula is C18H44N2O5P+. The molecule has 0 bridgehead atoms. The van der Waals surface area contributed by atoms with Crippen molar-refractivity contribution >= 4 is 7.82 Å². The highest BCUT2D eigenvalue weighted by atomic mass is 31.2. The van der Waals surface area contributed by atoms with E-state index in [2.05, 4.69) is 23.7 Å². The van der Waals surface area contributed by atoms with Crippen LogP contribution in [0.4, 0.5) is 0 Å². The third-order valence-electron chi connectivity index (χ3n) is 3.90. The monoisotopic (exact) mass is 399 g/mol. The molecule has 160 valence electrons. The summed E-state index contributed by atoms with van der Waals surface area (Å²) >= 11 is 0. The van der Waals surface area contributed by atoms with Crippen LogP contribution in [-0.2, 0) is 9.09 Å². The third-order valence-corrected chi connectivity index (χ3v) is 4.42. The van der Waals surface area contributed by atoms with E-state index in [0.29, 0.717) is 17.1 Å². The molecule has 0 aromatic carbocycles. The van der Waals surface area contributed by atoms with Gasteiger partial charge in [-0.1, -0.05) is 52.4 Å². The van der Waals surface area contributed by atoms with Gasteiger partial charge in [-0.3, -0.25) is 9.84 Å². The highest BCUT2D eigenvalue weighted by molar-refractivity contribution is 7.46. The van der Waals surface area contributed by atoms with Gasteiger partial charge in [0, 0.05) is 6.04 Å². The summed E-state index contributed by atoms with van der Waals surface area (Å²) in [4.78, 5) is 16.6. The predicted octanol–water partition coefficient (Wildman–Crippen LogP) is 3.25. The van der Waals surface area contributed by atoms with Gasteiger partial charge in [-0.2, -0.15) is 0 Å². The molecule has 7 nitrogen and oxygen atoms in total. The van der Waals surface area contributed by atoms with Crippen molar-refractivity contribution in [2.45, 2.75) is 84.4 Å². The van der Waals surface area contributed by atoms with E-state index in [-0.39, 0.29) is 12.8 Å². The fourth-order valence-electron chi connectivity index (χ4n) is 2.35. The van der Waals surface area contributed by atoms with Crippen LogP contribution in [0.15, 0.2) is 0 Å². The summed E-state index contributed by atoms with van der Waals surface area (Å²) in [5, 5.41) is 12.4. The lowest BCUT2D eigenvalue weighted by Gasteiger charge is -2.23. The number of phosphoric acid groups is 1. The number of rotatable bonds is 14. The van der Waals surface area contributed by atoms with Crippen LogP contribution < -0.4 is 5.32 Å². The van der Waals surface area contributed by atoms with Crippen molar-refractivity contribution in [1.29, 1.82) is 0 Å². The van der Waals surface area contributed by atoms with Crippen LogP contribution in [0.1, 0.15) is 72.1 Å². The molecule has 0 rings (SSSR count). The lowest BCUT2D eigenvalue weighted by molar-refractivity contribution is -0.870. The molecule has 0 amide bonds. The lowest BCUT2D eigenvalue weighted by Crippen LogP contribution is -2.37. The quantitative estimate of drug-likeness (QED) is 0.155. The largest absolute Gasteiger partial charge is 0.469 e. The molecule has 2 unspecified atom stereocenters. The first kappa shape index (κ1) is 28.2. The Kier molecular flexibility index (Phi) is 17.3. The summed E-state index contributed by atoms with van der Waals surface area (Å²) in [5.41, 5.74) is 0. The smallest absolute Gasteiger partial charge is 0.379 e. The van der Waals surface area contributed by atoms with E-state index in [4.69, 9.17) is 9.79 Å². The second kappa shape index (κ2) is 16.0. The first-order chi connectivity index (χ1) is 11.9. The van der Waals surface area contributed by atoms with Gasteiger partial charge in [0.15, 0.2) is 0 Å². The standard InChI is InChI=1S/C13H29NO.C5H14NO4P/c1-4-6-7-8-9-10-11-13(5-2)14-12(3)15;1-6(2,3)4-5-10-11(7,8)9/h12-15H,4-11H2,1-3H3;4-5H2,1-3H3,(H-,7,8,9)/p+1. The minimum Gasteiger partial charge on any atom is -0.379 e. The molecule has 0 heterocycles. The van der Waals surface area contributed by atoms with Crippen molar-refractivity contribution in [3.8, 4) is 0 Å². The summed E-state index contributed by atoms with van der Waals surface area (Å²) < 4.78 is 15.1.